The van der Waals surface area contributed by atoms with Crippen LogP contribution in [0.25, 0.3) is 11.4 Å². The normalized spacial score (nSPS) is 19.0. The number of phenols is 1. The number of fused-ring (bicyclic) bond motifs is 1. The van der Waals surface area contributed by atoms with Crippen LogP contribution < -0.4 is 5.73 Å². The fourth-order valence-corrected chi connectivity index (χ4v) is 2.18. The molecular formula is C12H14N4O. The average Bonchev–Trinajstić information content (AvgIpc) is 2.73. The fraction of sp³-hybridized carbons (Fsp3) is 0.333. The van der Waals surface area contributed by atoms with Crippen molar-refractivity contribution in [2.75, 3.05) is 0 Å². The number of phenolic OH excluding ortho intramolecular Hbond substituents is 1. The van der Waals surface area contributed by atoms with Crippen molar-refractivity contribution in [3.8, 4) is 17.1 Å². The first-order chi connectivity index (χ1) is 8.24. The number of hydrogen-bond acceptors (Lipinski definition) is 4. The Bertz CT molecular complexity index is 532. The van der Waals surface area contributed by atoms with Gasteiger partial charge in [-0.25, -0.2) is 0 Å². The van der Waals surface area contributed by atoms with Gasteiger partial charge in [-0.3, -0.25) is 0 Å². The van der Waals surface area contributed by atoms with Crippen molar-refractivity contribution in [1.29, 1.82) is 0 Å². The first kappa shape index (κ1) is 10.3. The summed E-state index contributed by atoms with van der Waals surface area (Å²) in [6.07, 6.45) is 1.74. The molecule has 0 spiro atoms. The number of nitrogens with zero attached hydrogens (tertiary/aromatic N) is 3. The molecule has 5 heteroatoms. The Morgan fingerprint density at radius 2 is 2.00 bits per heavy atom. The van der Waals surface area contributed by atoms with Crippen molar-refractivity contribution in [2.45, 2.75) is 25.4 Å². The van der Waals surface area contributed by atoms with Gasteiger partial charge in [0, 0.05) is 24.6 Å². The summed E-state index contributed by atoms with van der Waals surface area (Å²) in [5.41, 5.74) is 6.87. The number of hydrogen-bond donors (Lipinski definition) is 2. The van der Waals surface area contributed by atoms with Crippen LogP contribution in [0, 0.1) is 0 Å². The molecule has 5 nitrogen and oxygen atoms in total. The first-order valence-corrected chi connectivity index (χ1v) is 5.71. The van der Waals surface area contributed by atoms with Gasteiger partial charge in [-0.2, -0.15) is 0 Å². The molecule has 88 valence electrons. The van der Waals surface area contributed by atoms with E-state index in [1.54, 1.807) is 12.1 Å². The second kappa shape index (κ2) is 3.85. The van der Waals surface area contributed by atoms with Gasteiger partial charge in [0.1, 0.15) is 11.6 Å². The van der Waals surface area contributed by atoms with E-state index < -0.39 is 0 Å². The van der Waals surface area contributed by atoms with Crippen molar-refractivity contribution < 1.29 is 5.11 Å². The van der Waals surface area contributed by atoms with Crippen LogP contribution in [0.2, 0.25) is 0 Å². The smallest absolute Gasteiger partial charge is 0.163 e. The van der Waals surface area contributed by atoms with Gasteiger partial charge in [-0.05, 0) is 30.7 Å². The maximum atomic E-state index is 9.27. The topological polar surface area (TPSA) is 77.0 Å². The fourth-order valence-electron chi connectivity index (χ4n) is 2.18. The van der Waals surface area contributed by atoms with Crippen LogP contribution in [0.15, 0.2) is 24.3 Å². The molecule has 3 N–H and O–H groups in total. The second-order valence-electron chi connectivity index (χ2n) is 4.39. The van der Waals surface area contributed by atoms with Crippen molar-refractivity contribution in [2.24, 2.45) is 5.73 Å². The van der Waals surface area contributed by atoms with Gasteiger partial charge in [-0.1, -0.05) is 0 Å². The zero-order chi connectivity index (χ0) is 11.8. The van der Waals surface area contributed by atoms with Crippen molar-refractivity contribution in [3.05, 3.63) is 30.1 Å². The molecule has 0 fully saturated rings. The lowest BCUT2D eigenvalue weighted by Gasteiger charge is -2.20. The molecule has 1 aliphatic heterocycles. The third-order valence-corrected chi connectivity index (χ3v) is 3.12. The number of benzene rings is 1. The molecule has 0 saturated heterocycles. The monoisotopic (exact) mass is 230 g/mol. The number of aromatic hydroxyl groups is 1. The molecule has 0 amide bonds. The van der Waals surface area contributed by atoms with Crippen LogP contribution in [0.4, 0.5) is 0 Å². The molecule has 3 rings (SSSR count). The van der Waals surface area contributed by atoms with Gasteiger partial charge >= 0.3 is 0 Å². The van der Waals surface area contributed by atoms with Gasteiger partial charge < -0.3 is 15.4 Å². The largest absolute Gasteiger partial charge is 0.508 e. The third kappa shape index (κ3) is 1.78. The molecule has 0 saturated carbocycles. The highest BCUT2D eigenvalue weighted by Gasteiger charge is 2.20. The predicted octanol–water partition coefficient (Wildman–Crippen LogP) is 0.924. The van der Waals surface area contributed by atoms with E-state index in [9.17, 15) is 5.11 Å². The highest BCUT2D eigenvalue weighted by molar-refractivity contribution is 5.56. The van der Waals surface area contributed by atoms with Gasteiger partial charge in [0.15, 0.2) is 5.82 Å². The Morgan fingerprint density at radius 1 is 1.24 bits per heavy atom. The van der Waals surface area contributed by atoms with Crippen LogP contribution in [-0.4, -0.2) is 25.9 Å². The van der Waals surface area contributed by atoms with Gasteiger partial charge in [-0.15, -0.1) is 10.2 Å². The summed E-state index contributed by atoms with van der Waals surface area (Å²) in [6.45, 7) is 0.861. The van der Waals surface area contributed by atoms with E-state index in [0.717, 1.165) is 36.6 Å². The molecule has 1 unspecified atom stereocenters. The summed E-state index contributed by atoms with van der Waals surface area (Å²) in [5.74, 6) is 2.06. The SMILES string of the molecule is NC1CCn2c(nnc2-c2ccc(O)cc2)C1. The summed E-state index contributed by atoms with van der Waals surface area (Å²) in [5, 5.41) is 17.7. The first-order valence-electron chi connectivity index (χ1n) is 5.71. The van der Waals surface area contributed by atoms with Crippen molar-refractivity contribution >= 4 is 0 Å². The molecule has 1 aromatic heterocycles. The molecule has 1 aromatic carbocycles. The Kier molecular flexibility index (Phi) is 2.33. The molecular weight excluding hydrogens is 216 g/mol. The summed E-state index contributed by atoms with van der Waals surface area (Å²) >= 11 is 0. The van der Waals surface area contributed by atoms with E-state index in [1.165, 1.54) is 0 Å². The van der Waals surface area contributed by atoms with Crippen LogP contribution in [0.1, 0.15) is 12.2 Å². The maximum absolute atomic E-state index is 9.27. The highest BCUT2D eigenvalue weighted by atomic mass is 16.3. The molecule has 0 radical (unpaired) electrons. The van der Waals surface area contributed by atoms with Crippen LogP contribution in [0.3, 0.4) is 0 Å². The third-order valence-electron chi connectivity index (χ3n) is 3.12. The standard InChI is InChI=1S/C12H14N4O/c13-9-5-6-16-11(7-9)14-15-12(16)8-1-3-10(17)4-2-8/h1-4,9,17H,5-7,13H2. The predicted molar refractivity (Wildman–Crippen MR) is 63.4 cm³/mol. The van der Waals surface area contributed by atoms with Gasteiger partial charge in [0.25, 0.3) is 0 Å². The lowest BCUT2D eigenvalue weighted by atomic mass is 10.1. The average molecular weight is 230 g/mol. The van der Waals surface area contributed by atoms with Crippen LogP contribution in [-0.2, 0) is 13.0 Å². The highest BCUT2D eigenvalue weighted by Crippen LogP contribution is 2.23. The number of aromatic nitrogens is 3. The number of nitrogens with two attached hydrogens (primary N) is 1. The summed E-state index contributed by atoms with van der Waals surface area (Å²) < 4.78 is 2.11. The lowest BCUT2D eigenvalue weighted by Crippen LogP contribution is -2.31. The zero-order valence-corrected chi connectivity index (χ0v) is 9.37. The minimum Gasteiger partial charge on any atom is -0.508 e. The molecule has 1 aliphatic rings. The Morgan fingerprint density at radius 3 is 2.76 bits per heavy atom. The van der Waals surface area contributed by atoms with E-state index in [1.807, 2.05) is 12.1 Å². The van der Waals surface area contributed by atoms with E-state index in [4.69, 9.17) is 5.73 Å². The van der Waals surface area contributed by atoms with E-state index >= 15 is 0 Å². The molecule has 17 heavy (non-hydrogen) atoms. The minimum absolute atomic E-state index is 0.194. The summed E-state index contributed by atoms with van der Waals surface area (Å²) in [6, 6.07) is 7.21. The quantitative estimate of drug-likeness (QED) is 0.763. The zero-order valence-electron chi connectivity index (χ0n) is 9.37. The van der Waals surface area contributed by atoms with Gasteiger partial charge in [0.2, 0.25) is 0 Å². The van der Waals surface area contributed by atoms with Crippen molar-refractivity contribution in [1.82, 2.24) is 14.8 Å². The van der Waals surface area contributed by atoms with E-state index in [0.29, 0.717) is 0 Å². The minimum atomic E-state index is 0.194. The summed E-state index contributed by atoms with van der Waals surface area (Å²) in [7, 11) is 0. The van der Waals surface area contributed by atoms with E-state index in [-0.39, 0.29) is 11.8 Å². The second-order valence-corrected chi connectivity index (χ2v) is 4.39. The Balaban J connectivity index is 2.02. The Hall–Kier alpha value is -1.88. The molecule has 0 aliphatic carbocycles. The lowest BCUT2D eigenvalue weighted by molar-refractivity contribution is 0.465. The molecule has 0 bridgehead atoms. The molecule has 1 atom stereocenters. The van der Waals surface area contributed by atoms with Crippen LogP contribution >= 0.6 is 0 Å². The van der Waals surface area contributed by atoms with E-state index in [2.05, 4.69) is 14.8 Å². The van der Waals surface area contributed by atoms with Crippen LogP contribution in [0.5, 0.6) is 5.75 Å². The molecule has 2 aromatic rings. The number of rotatable bonds is 1. The summed E-state index contributed by atoms with van der Waals surface area (Å²) in [4.78, 5) is 0. The molecule has 2 heterocycles. The Labute approximate surface area is 98.9 Å². The maximum Gasteiger partial charge on any atom is 0.163 e. The van der Waals surface area contributed by atoms with Gasteiger partial charge in [0.05, 0.1) is 0 Å². The van der Waals surface area contributed by atoms with Crippen molar-refractivity contribution in [3.63, 3.8) is 0 Å².